The predicted octanol–water partition coefficient (Wildman–Crippen LogP) is 15.3. The zero-order valence-corrected chi connectivity index (χ0v) is 37.3. The Labute approximate surface area is 351 Å². The molecule has 0 aromatic heterocycles. The average Bonchev–Trinajstić information content (AvgIpc) is 3.21. The minimum atomic E-state index is -0.784. The summed E-state index contributed by atoms with van der Waals surface area (Å²) in [6, 6.07) is 0. The summed E-state index contributed by atoms with van der Waals surface area (Å²) in [5, 5.41) is 0. The predicted molar refractivity (Wildman–Crippen MR) is 242 cm³/mol. The maximum atomic E-state index is 12.7. The largest absolute Gasteiger partial charge is 0.462 e. The first kappa shape index (κ1) is 54.1. The number of carbonyl (C=O) groups excluding carboxylic acids is 3. The monoisotopic (exact) mass is 797 g/mol. The number of allylic oxidation sites excluding steroid dienone is 10. The lowest BCUT2D eigenvalue weighted by Gasteiger charge is -2.18. The molecular formula is C51H88O6. The molecule has 57 heavy (non-hydrogen) atoms. The SMILES string of the molecule is CC/C=C\C/C=C\C/C=C\CCCCCCCC(=O)OCC(COC(=O)CCCCCCCCCCC)OC(=O)CCCCCCC/C=C\C/C=C\CCCCC. The highest BCUT2D eigenvalue weighted by molar-refractivity contribution is 5.71. The molecule has 0 spiro atoms. The van der Waals surface area contributed by atoms with Gasteiger partial charge in [-0.05, 0) is 83.5 Å². The molecule has 0 saturated carbocycles. The molecule has 0 amide bonds. The van der Waals surface area contributed by atoms with Gasteiger partial charge in [0.1, 0.15) is 13.2 Å². The van der Waals surface area contributed by atoms with Crippen molar-refractivity contribution < 1.29 is 28.6 Å². The molecule has 0 N–H and O–H groups in total. The van der Waals surface area contributed by atoms with Crippen LogP contribution < -0.4 is 0 Å². The summed E-state index contributed by atoms with van der Waals surface area (Å²) < 4.78 is 16.7. The lowest BCUT2D eigenvalue weighted by atomic mass is 10.1. The van der Waals surface area contributed by atoms with Gasteiger partial charge < -0.3 is 14.2 Å². The first-order chi connectivity index (χ1) is 28.0. The van der Waals surface area contributed by atoms with E-state index in [1.54, 1.807) is 0 Å². The van der Waals surface area contributed by atoms with Gasteiger partial charge >= 0.3 is 17.9 Å². The number of carbonyl (C=O) groups is 3. The zero-order chi connectivity index (χ0) is 41.5. The highest BCUT2D eigenvalue weighted by Crippen LogP contribution is 2.13. The van der Waals surface area contributed by atoms with E-state index in [1.165, 1.54) is 64.2 Å². The van der Waals surface area contributed by atoms with Crippen LogP contribution in [0, 0.1) is 0 Å². The van der Waals surface area contributed by atoms with Crippen LogP contribution in [0.2, 0.25) is 0 Å². The van der Waals surface area contributed by atoms with Gasteiger partial charge in [-0.25, -0.2) is 0 Å². The zero-order valence-electron chi connectivity index (χ0n) is 37.3. The van der Waals surface area contributed by atoms with E-state index in [9.17, 15) is 14.4 Å². The quantitative estimate of drug-likeness (QED) is 0.0265. The summed E-state index contributed by atoms with van der Waals surface area (Å²) in [4.78, 5) is 37.8. The van der Waals surface area contributed by atoms with Gasteiger partial charge in [0.05, 0.1) is 0 Å². The molecule has 6 nitrogen and oxygen atoms in total. The second kappa shape index (κ2) is 45.8. The molecule has 1 unspecified atom stereocenters. The van der Waals surface area contributed by atoms with Crippen LogP contribution in [0.3, 0.4) is 0 Å². The maximum Gasteiger partial charge on any atom is 0.306 e. The van der Waals surface area contributed by atoms with E-state index in [-0.39, 0.29) is 31.1 Å². The van der Waals surface area contributed by atoms with Crippen molar-refractivity contribution in [2.24, 2.45) is 0 Å². The topological polar surface area (TPSA) is 78.9 Å². The van der Waals surface area contributed by atoms with E-state index in [1.807, 2.05) is 0 Å². The molecule has 0 radical (unpaired) electrons. The average molecular weight is 797 g/mol. The number of rotatable bonds is 42. The number of hydrogen-bond acceptors (Lipinski definition) is 6. The first-order valence-electron chi connectivity index (χ1n) is 23.8. The van der Waals surface area contributed by atoms with Crippen LogP contribution in [0.4, 0.5) is 0 Å². The molecule has 0 heterocycles. The Bertz CT molecular complexity index is 1050. The Morgan fingerprint density at radius 1 is 0.368 bits per heavy atom. The van der Waals surface area contributed by atoms with Crippen LogP contribution in [0.25, 0.3) is 0 Å². The smallest absolute Gasteiger partial charge is 0.306 e. The van der Waals surface area contributed by atoms with E-state index in [4.69, 9.17) is 14.2 Å². The Balaban J connectivity index is 4.40. The Morgan fingerprint density at radius 2 is 0.684 bits per heavy atom. The lowest BCUT2D eigenvalue weighted by Crippen LogP contribution is -2.30. The second-order valence-corrected chi connectivity index (χ2v) is 15.6. The molecule has 1 atom stereocenters. The van der Waals surface area contributed by atoms with Gasteiger partial charge in [-0.2, -0.15) is 0 Å². The van der Waals surface area contributed by atoms with Crippen LogP contribution >= 0.6 is 0 Å². The van der Waals surface area contributed by atoms with Crippen LogP contribution in [0.1, 0.15) is 226 Å². The third-order valence-corrected chi connectivity index (χ3v) is 10.0. The molecular weight excluding hydrogens is 709 g/mol. The minimum absolute atomic E-state index is 0.0848. The van der Waals surface area contributed by atoms with E-state index >= 15 is 0 Å². The molecule has 0 aliphatic heterocycles. The van der Waals surface area contributed by atoms with E-state index in [0.29, 0.717) is 19.3 Å². The molecule has 0 aliphatic rings. The Kier molecular flexibility index (Phi) is 43.5. The van der Waals surface area contributed by atoms with Crippen molar-refractivity contribution in [3.8, 4) is 0 Å². The summed E-state index contributed by atoms with van der Waals surface area (Å²) in [6.07, 6.45) is 54.8. The van der Waals surface area contributed by atoms with Gasteiger partial charge in [-0.3, -0.25) is 14.4 Å². The summed E-state index contributed by atoms with van der Waals surface area (Å²) in [5.74, 6) is -0.920. The molecule has 328 valence electrons. The fraction of sp³-hybridized carbons (Fsp3) is 0.745. The van der Waals surface area contributed by atoms with Gasteiger partial charge in [-0.1, -0.05) is 184 Å². The number of esters is 3. The Hall–Kier alpha value is -2.89. The van der Waals surface area contributed by atoms with Gasteiger partial charge in [0.2, 0.25) is 0 Å². The summed E-state index contributed by atoms with van der Waals surface area (Å²) in [5.41, 5.74) is 0. The fourth-order valence-corrected chi connectivity index (χ4v) is 6.43. The number of unbranched alkanes of at least 4 members (excludes halogenated alkanes) is 21. The van der Waals surface area contributed by atoms with Gasteiger partial charge in [0.15, 0.2) is 6.10 Å². The van der Waals surface area contributed by atoms with E-state index in [2.05, 4.69) is 81.5 Å². The highest BCUT2D eigenvalue weighted by Gasteiger charge is 2.19. The van der Waals surface area contributed by atoms with Gasteiger partial charge in [0, 0.05) is 19.3 Å². The van der Waals surface area contributed by atoms with Crippen molar-refractivity contribution in [1.29, 1.82) is 0 Å². The van der Waals surface area contributed by atoms with E-state index in [0.717, 1.165) is 122 Å². The Morgan fingerprint density at radius 3 is 1.11 bits per heavy atom. The summed E-state index contributed by atoms with van der Waals surface area (Å²) in [6.45, 7) is 6.44. The van der Waals surface area contributed by atoms with Crippen LogP contribution in [0.5, 0.6) is 0 Å². The normalized spacial score (nSPS) is 12.5. The maximum absolute atomic E-state index is 12.7. The van der Waals surface area contributed by atoms with Crippen molar-refractivity contribution in [2.45, 2.75) is 232 Å². The van der Waals surface area contributed by atoms with Crippen LogP contribution in [0.15, 0.2) is 60.8 Å². The fourth-order valence-electron chi connectivity index (χ4n) is 6.43. The van der Waals surface area contributed by atoms with Crippen molar-refractivity contribution in [2.75, 3.05) is 13.2 Å². The summed E-state index contributed by atoms with van der Waals surface area (Å²) in [7, 11) is 0. The molecule has 6 heteroatoms. The highest BCUT2D eigenvalue weighted by atomic mass is 16.6. The molecule has 0 aromatic rings. The van der Waals surface area contributed by atoms with Crippen molar-refractivity contribution in [3.63, 3.8) is 0 Å². The first-order valence-corrected chi connectivity index (χ1v) is 23.8. The molecule has 0 aromatic carbocycles. The number of ether oxygens (including phenoxy) is 3. The minimum Gasteiger partial charge on any atom is -0.462 e. The molecule has 0 bridgehead atoms. The molecule has 0 aliphatic carbocycles. The molecule has 0 saturated heterocycles. The number of hydrogen-bond donors (Lipinski definition) is 0. The molecule has 0 rings (SSSR count). The lowest BCUT2D eigenvalue weighted by molar-refractivity contribution is -0.167. The van der Waals surface area contributed by atoms with Crippen molar-refractivity contribution >= 4 is 17.9 Å². The van der Waals surface area contributed by atoms with E-state index < -0.39 is 6.10 Å². The van der Waals surface area contributed by atoms with Crippen LogP contribution in [-0.2, 0) is 28.6 Å². The standard InChI is InChI=1S/C51H88O6/c1-4-7-10-13-16-19-21-23-25-27-29-32-35-38-41-44-50(53)56-47-48(46-55-49(52)43-40-37-34-31-18-15-12-9-6-3)57-51(54)45-42-39-36-33-30-28-26-24-22-20-17-14-11-8-5-2/h7,10,16-17,19-20,23-26,48H,4-6,8-9,11-15,18,21-22,27-47H2,1-3H3/b10-7-,19-16-,20-17-,25-23-,26-24-. The van der Waals surface area contributed by atoms with Crippen molar-refractivity contribution in [3.05, 3.63) is 60.8 Å². The van der Waals surface area contributed by atoms with Gasteiger partial charge in [-0.15, -0.1) is 0 Å². The van der Waals surface area contributed by atoms with Gasteiger partial charge in [0.25, 0.3) is 0 Å². The van der Waals surface area contributed by atoms with Crippen molar-refractivity contribution in [1.82, 2.24) is 0 Å². The third-order valence-electron chi connectivity index (χ3n) is 10.0. The van der Waals surface area contributed by atoms with Crippen LogP contribution in [-0.4, -0.2) is 37.2 Å². The summed E-state index contributed by atoms with van der Waals surface area (Å²) >= 11 is 0. The second-order valence-electron chi connectivity index (χ2n) is 15.6. The third kappa shape index (κ3) is 44.1. The molecule has 0 fully saturated rings.